The van der Waals surface area contributed by atoms with Crippen molar-refractivity contribution in [2.75, 3.05) is 45.1 Å². The molecule has 0 unspecified atom stereocenters. The number of nitrogens with one attached hydrogen (secondary N) is 14. The number of carbonyl (C=O) groups is 17. The van der Waals surface area contributed by atoms with E-state index >= 15 is 0 Å². The molecule has 23 N–H and O–H groups in total. The van der Waals surface area contributed by atoms with Gasteiger partial charge in [0.2, 0.25) is 88.6 Å². The predicted molar refractivity (Wildman–Crippen MR) is 324 cm³/mol. The predicted octanol–water partition coefficient (Wildman–Crippen LogP) is -10.3. The molecule has 93 heavy (non-hydrogen) atoms. The monoisotopic (exact) mass is 1340 g/mol. The van der Waals surface area contributed by atoms with E-state index in [0.717, 1.165) is 6.92 Å². The molecule has 38 nitrogen and oxygen atoms in total. The number of hydrogen-bond donors (Lipinski definition) is 22. The molecule has 518 valence electrons. The highest BCUT2D eigenvalue weighted by Gasteiger charge is 2.38. The van der Waals surface area contributed by atoms with Gasteiger partial charge in [-0.05, 0) is 56.7 Å². The summed E-state index contributed by atoms with van der Waals surface area (Å²) < 4.78 is 0. The lowest BCUT2D eigenvalue weighted by Crippen LogP contribution is -2.63. The Hall–Kier alpha value is -9.76. The van der Waals surface area contributed by atoms with Crippen LogP contribution in [0.4, 0.5) is 0 Å². The number of carbonyl (C=O) groups excluding carboxylic acids is 15. The first kappa shape index (κ1) is 81.3. The largest absolute Gasteiger partial charge is 0.508 e. The van der Waals surface area contributed by atoms with Gasteiger partial charge >= 0.3 is 11.9 Å². The summed E-state index contributed by atoms with van der Waals surface area (Å²) in [6.07, 6.45) is -4.21. The number of benzene rings is 1. The van der Waals surface area contributed by atoms with E-state index in [-0.39, 0.29) is 30.3 Å². The zero-order chi connectivity index (χ0) is 71.0. The minimum Gasteiger partial charge on any atom is -0.508 e. The lowest BCUT2D eigenvalue weighted by Gasteiger charge is -2.29. The first-order chi connectivity index (χ1) is 43.4. The standard InChI is InChI=1S/C54H84N16O22S/c1-23(2)12-30(48(86)62-26(6)46(84)68-35(22-93)47(85)61-19-40(78)59-17-38(76)57-16-37(75)58-18-39(77)60-20-42(81)82)64-52(90)34(21-71)67-49(87)32(14-36(56)74)65-50(88)33(15-41(79)80)66-53(91)43(24(3)4)69-54(92)44(27(7)72)70-51(89)31(63-45(83)25(5)55)13-28-8-10-29(73)11-9-28/h8-11,23-27,30-35,43-44,71-73,93H,12-22,55H2,1-7H3,(H2,56,74)(H,57,76)(H,58,75)(H,59,78)(H,60,77)(H,61,85)(H,62,86)(H,63,83)(H,64,90)(H,65,88)(H,66,91)(H,67,87)(H,68,84)(H,69,92)(H,70,89)(H,79,80)(H,81,82)/t25-,26-,27+,30-,31-,32-,33-,34-,35-,43-,44-/m0/s1. The number of phenolic OH excluding ortho intramolecular Hbond substituents is 1. The highest BCUT2D eigenvalue weighted by atomic mass is 32.1. The van der Waals surface area contributed by atoms with Gasteiger partial charge in [0.15, 0.2) is 0 Å². The Labute approximate surface area is 537 Å². The van der Waals surface area contributed by atoms with E-state index in [0.29, 0.717) is 5.56 Å². The number of carboxylic acid groups (broad SMARTS) is 2. The fourth-order valence-electron chi connectivity index (χ4n) is 7.71. The molecule has 0 aliphatic carbocycles. The lowest BCUT2D eigenvalue weighted by atomic mass is 10.0. The van der Waals surface area contributed by atoms with Crippen molar-refractivity contribution >= 4 is 113 Å². The van der Waals surface area contributed by atoms with E-state index in [1.165, 1.54) is 52.0 Å². The molecule has 0 heterocycles. The summed E-state index contributed by atoms with van der Waals surface area (Å²) in [5, 5.41) is 80.0. The van der Waals surface area contributed by atoms with Gasteiger partial charge in [0.05, 0.1) is 57.8 Å². The highest BCUT2D eigenvalue weighted by molar-refractivity contribution is 7.80. The molecule has 0 aliphatic rings. The summed E-state index contributed by atoms with van der Waals surface area (Å²) in [4.78, 5) is 217. The second-order valence-electron chi connectivity index (χ2n) is 21.7. The number of phenols is 1. The summed E-state index contributed by atoms with van der Waals surface area (Å²) in [5.41, 5.74) is 11.5. The van der Waals surface area contributed by atoms with Crippen LogP contribution < -0.4 is 85.9 Å². The quantitative estimate of drug-likeness (QED) is 0.0271. The Bertz CT molecular complexity index is 2860. The molecule has 0 aliphatic heterocycles. The van der Waals surface area contributed by atoms with E-state index in [2.05, 4.69) is 81.7 Å². The van der Waals surface area contributed by atoms with Crippen LogP contribution in [0.25, 0.3) is 0 Å². The van der Waals surface area contributed by atoms with Crippen LogP contribution in [0.1, 0.15) is 73.3 Å². The van der Waals surface area contributed by atoms with Crippen LogP contribution in [-0.4, -0.2) is 238 Å². The fraction of sp³-hybridized carbons (Fsp3) is 0.574. The zero-order valence-electron chi connectivity index (χ0n) is 51.9. The molecule has 0 radical (unpaired) electrons. The van der Waals surface area contributed by atoms with Gasteiger partial charge in [0.1, 0.15) is 66.7 Å². The van der Waals surface area contributed by atoms with Crippen LogP contribution >= 0.6 is 12.6 Å². The molecule has 0 saturated carbocycles. The van der Waals surface area contributed by atoms with E-state index in [4.69, 9.17) is 16.6 Å². The third kappa shape index (κ3) is 31.7. The van der Waals surface area contributed by atoms with Crippen molar-refractivity contribution in [1.29, 1.82) is 0 Å². The van der Waals surface area contributed by atoms with Crippen LogP contribution in [0.2, 0.25) is 0 Å². The molecule has 39 heteroatoms. The van der Waals surface area contributed by atoms with Gasteiger partial charge < -0.3 is 111 Å². The van der Waals surface area contributed by atoms with Crippen molar-refractivity contribution in [3.63, 3.8) is 0 Å². The zero-order valence-corrected chi connectivity index (χ0v) is 52.8. The summed E-state index contributed by atoms with van der Waals surface area (Å²) in [5.74, 6) is -20.4. The minimum atomic E-state index is -2.09. The number of hydrogen-bond acceptors (Lipinski definition) is 22. The maximum Gasteiger partial charge on any atom is 0.322 e. The molecule has 15 amide bonds. The Kier molecular flexibility index (Phi) is 35.7. The Morgan fingerprint density at radius 2 is 0.860 bits per heavy atom. The molecule has 0 spiro atoms. The van der Waals surface area contributed by atoms with Crippen molar-refractivity contribution in [1.82, 2.24) is 74.4 Å². The third-order valence-electron chi connectivity index (χ3n) is 12.7. The number of thiol groups is 1. The molecule has 1 rings (SSSR count). The maximum atomic E-state index is 13.9. The van der Waals surface area contributed by atoms with Crippen molar-refractivity contribution in [3.05, 3.63) is 29.8 Å². The van der Waals surface area contributed by atoms with Crippen LogP contribution in [0, 0.1) is 11.8 Å². The smallest absolute Gasteiger partial charge is 0.322 e. The number of aromatic hydroxyl groups is 1. The topological polar surface area (TPSA) is 612 Å². The summed E-state index contributed by atoms with van der Waals surface area (Å²) >= 11 is 4.05. The second-order valence-corrected chi connectivity index (χ2v) is 22.1. The van der Waals surface area contributed by atoms with Crippen LogP contribution in [0.15, 0.2) is 24.3 Å². The van der Waals surface area contributed by atoms with Crippen molar-refractivity contribution in [3.8, 4) is 5.75 Å². The molecule has 0 aromatic heterocycles. The van der Waals surface area contributed by atoms with Gasteiger partial charge in [-0.3, -0.25) is 81.5 Å². The van der Waals surface area contributed by atoms with Gasteiger partial charge in [0, 0.05) is 12.2 Å². The fourth-order valence-corrected chi connectivity index (χ4v) is 7.97. The number of carboxylic acids is 2. The Morgan fingerprint density at radius 3 is 1.31 bits per heavy atom. The van der Waals surface area contributed by atoms with Gasteiger partial charge in [-0.1, -0.05) is 39.8 Å². The molecule has 11 atom stereocenters. The number of aliphatic hydroxyl groups is 2. The molecular weight excluding hydrogens is 1260 g/mol. The molecule has 0 bridgehead atoms. The first-order valence-electron chi connectivity index (χ1n) is 28.6. The Morgan fingerprint density at radius 1 is 0.452 bits per heavy atom. The van der Waals surface area contributed by atoms with Crippen molar-refractivity contribution in [2.45, 2.75) is 141 Å². The molecule has 0 fully saturated rings. The molecule has 1 aromatic carbocycles. The number of aliphatic carboxylic acids is 2. The second kappa shape index (κ2) is 40.9. The number of aliphatic hydroxyl groups excluding tert-OH is 2. The van der Waals surface area contributed by atoms with Gasteiger partial charge in [-0.2, -0.15) is 12.6 Å². The van der Waals surface area contributed by atoms with Gasteiger partial charge in [-0.25, -0.2) is 0 Å². The number of amides is 15. The minimum absolute atomic E-state index is 0.0980. The van der Waals surface area contributed by atoms with Crippen LogP contribution in [0.3, 0.4) is 0 Å². The summed E-state index contributed by atoms with van der Waals surface area (Å²) in [6, 6.07) is -10.9. The lowest BCUT2D eigenvalue weighted by molar-refractivity contribution is -0.142. The Balaban J connectivity index is 3.12. The number of primary amides is 1. The van der Waals surface area contributed by atoms with E-state index in [9.17, 15) is 102 Å². The normalized spacial score (nSPS) is 14.4. The van der Waals surface area contributed by atoms with E-state index in [1.807, 2.05) is 5.32 Å². The van der Waals surface area contributed by atoms with E-state index < -0.39 is 225 Å². The van der Waals surface area contributed by atoms with Crippen LogP contribution in [-0.2, 0) is 87.9 Å². The molecule has 1 aromatic rings. The van der Waals surface area contributed by atoms with Crippen molar-refractivity contribution in [2.24, 2.45) is 23.3 Å². The van der Waals surface area contributed by atoms with Gasteiger partial charge in [-0.15, -0.1) is 0 Å². The third-order valence-corrected chi connectivity index (χ3v) is 13.1. The van der Waals surface area contributed by atoms with Crippen molar-refractivity contribution < 1.29 is 107 Å². The van der Waals surface area contributed by atoms with Crippen LogP contribution in [0.5, 0.6) is 5.75 Å². The first-order valence-corrected chi connectivity index (χ1v) is 29.3. The molecule has 0 saturated heterocycles. The van der Waals surface area contributed by atoms with E-state index in [1.54, 1.807) is 13.8 Å². The number of nitrogens with two attached hydrogens (primary N) is 2. The molecular formula is C54H84N16O22S. The highest BCUT2D eigenvalue weighted by Crippen LogP contribution is 2.13. The SMILES string of the molecule is CC(C)C[C@H](NC(=O)[C@H](CO)NC(=O)[C@H](CC(N)=O)NC(=O)[C@H](CC(=O)O)NC(=O)[C@@H](NC(=O)[C@@H](NC(=O)[C@H](Cc1ccc(O)cc1)NC(=O)[C@H](C)N)[C@@H](C)O)C(C)C)C(=O)N[C@@H](C)C(=O)N[C@@H](CS)C(=O)NCC(=O)NCC(=O)NCC(=O)NCC(=O)NCC(=O)O. The maximum absolute atomic E-state index is 13.9. The average molecular weight is 1340 g/mol. The van der Waals surface area contributed by atoms with Gasteiger partial charge in [0.25, 0.3) is 0 Å². The average Bonchev–Trinajstić information content (AvgIpc) is 1.95. The number of rotatable bonds is 41. The summed E-state index contributed by atoms with van der Waals surface area (Å²) in [6.45, 7) is 5.31. The summed E-state index contributed by atoms with van der Waals surface area (Å²) in [7, 11) is 0.